The van der Waals surface area contributed by atoms with Crippen LogP contribution >= 0.6 is 0 Å². The number of carbonyl (C=O) groups is 1. The van der Waals surface area contributed by atoms with Crippen LogP contribution in [0.3, 0.4) is 0 Å². The van der Waals surface area contributed by atoms with Gasteiger partial charge in [0.05, 0.1) is 32.2 Å². The van der Waals surface area contributed by atoms with Crippen LogP contribution < -0.4 is 114 Å². The fourth-order valence-electron chi connectivity index (χ4n) is 4.27. The number of fused-ring (bicyclic) bond motifs is 2. The Morgan fingerprint density at radius 1 is 0.757 bits per heavy atom. The van der Waals surface area contributed by atoms with Crippen LogP contribution in [0.1, 0.15) is 15.9 Å². The van der Waals surface area contributed by atoms with Crippen LogP contribution in [0.5, 0.6) is 0 Å². The van der Waals surface area contributed by atoms with E-state index in [4.69, 9.17) is 0 Å². The number of pyridine rings is 1. The Kier molecular flexibility index (Phi) is 9.32. The Morgan fingerprint density at radius 2 is 1.38 bits per heavy atom. The van der Waals surface area contributed by atoms with Gasteiger partial charge in [-0.2, -0.15) is 0 Å². The summed E-state index contributed by atoms with van der Waals surface area (Å²) in [6.07, 6.45) is 0. The zero-order chi connectivity index (χ0) is 25.3. The van der Waals surface area contributed by atoms with Crippen molar-refractivity contribution < 1.29 is 134 Å². The zero-order valence-electron chi connectivity index (χ0n) is 19.8. The van der Waals surface area contributed by atoms with Crippen molar-refractivity contribution in [2.75, 3.05) is 5.32 Å². The quantitative estimate of drug-likeness (QED) is 0.164. The summed E-state index contributed by atoms with van der Waals surface area (Å²) in [6.45, 7) is 0. The molecule has 1 aliphatic carbocycles. The van der Waals surface area contributed by atoms with E-state index in [2.05, 4.69) is 5.32 Å². The van der Waals surface area contributed by atoms with Gasteiger partial charge in [-0.3, -0.25) is 9.59 Å². The molecule has 10 nitrogen and oxygen atoms in total. The summed E-state index contributed by atoms with van der Waals surface area (Å²) in [5.74, 6) is -0.398. The van der Waals surface area contributed by atoms with Crippen LogP contribution in [0.25, 0.3) is 22.0 Å². The van der Waals surface area contributed by atoms with Gasteiger partial charge >= 0.3 is 103 Å². The SMILES string of the molecule is Cn1c(=O)cc2c3c(c(Nc4ccc(S(=O)(=O)[O-])cc4S(=O)(=O)[O-])ccc31)C(=O)c1ccccc1-2.[K+].[K+]. The summed E-state index contributed by atoms with van der Waals surface area (Å²) in [5, 5.41) is 3.19. The number of nitrogens with one attached hydrogen (secondary N) is 1. The molecular formula is C23H14K2N2O8S2. The first-order valence-corrected chi connectivity index (χ1v) is 12.8. The normalized spacial score (nSPS) is 12.4. The molecule has 0 unspecified atom stereocenters. The fraction of sp³-hybridized carbons (Fsp3) is 0.0435. The number of hydrogen-bond donors (Lipinski definition) is 1. The van der Waals surface area contributed by atoms with E-state index in [1.165, 1.54) is 16.7 Å². The molecule has 3 aromatic carbocycles. The average molecular weight is 589 g/mol. The molecule has 37 heavy (non-hydrogen) atoms. The van der Waals surface area contributed by atoms with Crippen molar-refractivity contribution in [1.29, 1.82) is 0 Å². The van der Waals surface area contributed by atoms with Gasteiger partial charge in [0.2, 0.25) is 0 Å². The molecule has 5 rings (SSSR count). The van der Waals surface area contributed by atoms with Crippen LogP contribution in [0, 0.1) is 0 Å². The second kappa shape index (κ2) is 11.1. The molecule has 14 heteroatoms. The Hall–Kier alpha value is -0.567. The number of benzene rings is 3. The maximum absolute atomic E-state index is 13.5. The van der Waals surface area contributed by atoms with Crippen LogP contribution in [0.2, 0.25) is 0 Å². The summed E-state index contributed by atoms with van der Waals surface area (Å²) in [4.78, 5) is 24.3. The molecule has 0 aliphatic heterocycles. The number of rotatable bonds is 4. The molecule has 0 spiro atoms. The first-order valence-electron chi connectivity index (χ1n) is 10.0. The third kappa shape index (κ3) is 5.56. The molecule has 1 aromatic heterocycles. The molecule has 178 valence electrons. The van der Waals surface area contributed by atoms with E-state index in [0.717, 1.165) is 12.1 Å². The van der Waals surface area contributed by atoms with Gasteiger partial charge in [-0.25, -0.2) is 16.8 Å². The van der Waals surface area contributed by atoms with Crippen molar-refractivity contribution in [3.63, 3.8) is 0 Å². The topological polar surface area (TPSA) is 166 Å². The van der Waals surface area contributed by atoms with E-state index in [9.17, 15) is 35.5 Å². The van der Waals surface area contributed by atoms with Crippen molar-refractivity contribution in [3.05, 3.63) is 82.1 Å². The van der Waals surface area contributed by atoms with E-state index in [-0.39, 0.29) is 125 Å². The van der Waals surface area contributed by atoms with Gasteiger partial charge in [0.25, 0.3) is 5.56 Å². The number of anilines is 2. The second-order valence-electron chi connectivity index (χ2n) is 7.90. The minimum atomic E-state index is -5.21. The standard InChI is InChI=1S/C23H16N2O8S2.2K/c1-25-18-9-8-17(24-16-7-6-12(34(28,29)30)10-19(16)35(31,32)33)22-21(18)15(11-20(25)26)13-4-2-3-5-14(13)23(22)27;;/h2-11,24H,1H3,(H,28,29,30)(H,31,32,33);;/q;2*+1/p-2. The number of ketones is 1. The second-order valence-corrected chi connectivity index (χ2v) is 10.6. The van der Waals surface area contributed by atoms with Gasteiger partial charge in [0, 0.05) is 24.1 Å². The van der Waals surface area contributed by atoms with E-state index >= 15 is 0 Å². The first kappa shape index (κ1) is 31.0. The van der Waals surface area contributed by atoms with Gasteiger partial charge in [-0.15, -0.1) is 0 Å². The van der Waals surface area contributed by atoms with Crippen molar-refractivity contribution >= 4 is 48.3 Å². The van der Waals surface area contributed by atoms with Gasteiger partial charge < -0.3 is 19.0 Å². The van der Waals surface area contributed by atoms with Crippen molar-refractivity contribution in [2.24, 2.45) is 7.05 Å². The molecule has 0 atom stereocenters. The maximum atomic E-state index is 13.5. The summed E-state index contributed by atoms with van der Waals surface area (Å²) in [5.41, 5.74) is 1.52. The molecule has 0 bridgehead atoms. The van der Waals surface area contributed by atoms with Crippen molar-refractivity contribution in [3.8, 4) is 11.1 Å². The van der Waals surface area contributed by atoms with E-state index < -0.39 is 35.8 Å². The largest absolute Gasteiger partial charge is 1.00 e. The summed E-state index contributed by atoms with van der Waals surface area (Å²) >= 11 is 0. The molecule has 0 saturated carbocycles. The van der Waals surface area contributed by atoms with Gasteiger partial charge in [-0.1, -0.05) is 24.3 Å². The zero-order valence-corrected chi connectivity index (χ0v) is 27.7. The van der Waals surface area contributed by atoms with Crippen LogP contribution in [-0.2, 0) is 27.3 Å². The predicted molar refractivity (Wildman–Crippen MR) is 124 cm³/mol. The molecular weight excluding hydrogens is 575 g/mol. The van der Waals surface area contributed by atoms with E-state index in [1.54, 1.807) is 37.4 Å². The third-order valence-corrected chi connectivity index (χ3v) is 7.59. The Bertz CT molecular complexity index is 1890. The first-order chi connectivity index (χ1) is 16.4. The van der Waals surface area contributed by atoms with Crippen molar-refractivity contribution in [1.82, 2.24) is 4.57 Å². The summed E-state index contributed by atoms with van der Waals surface area (Å²) in [6, 6.07) is 13.4. The Balaban J connectivity index is 0.00000190. The number of aromatic nitrogens is 1. The molecule has 0 radical (unpaired) electrons. The molecule has 4 aromatic rings. The van der Waals surface area contributed by atoms with Crippen molar-refractivity contribution in [2.45, 2.75) is 9.79 Å². The number of carbonyl (C=O) groups excluding carboxylic acids is 1. The fourth-order valence-corrected chi connectivity index (χ4v) is 5.50. The third-order valence-electron chi connectivity index (χ3n) is 5.88. The smallest absolute Gasteiger partial charge is 0.744 e. The van der Waals surface area contributed by atoms with Crippen LogP contribution in [0.4, 0.5) is 11.4 Å². The Labute approximate surface area is 296 Å². The predicted octanol–water partition coefficient (Wildman–Crippen LogP) is -3.69. The van der Waals surface area contributed by atoms with Gasteiger partial charge in [-0.05, 0) is 41.5 Å². The van der Waals surface area contributed by atoms with E-state index in [1.807, 2.05) is 0 Å². The molecule has 1 heterocycles. The monoisotopic (exact) mass is 588 g/mol. The molecule has 0 amide bonds. The maximum Gasteiger partial charge on any atom is 1.00 e. The minimum Gasteiger partial charge on any atom is -0.744 e. The van der Waals surface area contributed by atoms with Crippen LogP contribution in [-0.4, -0.2) is 36.3 Å². The molecule has 0 fully saturated rings. The van der Waals surface area contributed by atoms with Gasteiger partial charge in [0.1, 0.15) is 20.2 Å². The van der Waals surface area contributed by atoms with Crippen LogP contribution in [0.15, 0.2) is 75.2 Å². The molecule has 0 saturated heterocycles. The van der Waals surface area contributed by atoms with Gasteiger partial charge in [0.15, 0.2) is 5.78 Å². The molecule has 1 N–H and O–H groups in total. The number of aryl methyl sites for hydroxylation is 1. The number of nitrogens with zero attached hydrogens (tertiary/aromatic N) is 1. The van der Waals surface area contributed by atoms with E-state index in [0.29, 0.717) is 33.7 Å². The number of hydrogen-bond acceptors (Lipinski definition) is 9. The average Bonchev–Trinajstić information content (AvgIpc) is 2.79. The minimum absolute atomic E-state index is 0. The Morgan fingerprint density at radius 3 is 2.00 bits per heavy atom. The summed E-state index contributed by atoms with van der Waals surface area (Å²) in [7, 11) is -8.70. The summed E-state index contributed by atoms with van der Waals surface area (Å²) < 4.78 is 71.0. The molecule has 1 aliphatic rings.